The molecule has 0 atom stereocenters. The van der Waals surface area contributed by atoms with E-state index in [0.29, 0.717) is 12.6 Å². The number of ether oxygens (including phenoxy) is 1. The van der Waals surface area contributed by atoms with E-state index in [1.165, 1.54) is 38.5 Å². The van der Waals surface area contributed by atoms with Crippen molar-refractivity contribution >= 4 is 0 Å². The van der Waals surface area contributed by atoms with Gasteiger partial charge < -0.3 is 10.5 Å². The summed E-state index contributed by atoms with van der Waals surface area (Å²) < 4.78 is 6.01. The largest absolute Gasteiger partial charge is 0.488 e. The van der Waals surface area contributed by atoms with Gasteiger partial charge in [0.1, 0.15) is 5.75 Å². The number of hydrogen-bond donors (Lipinski definition) is 1. The van der Waals surface area contributed by atoms with Gasteiger partial charge >= 0.3 is 0 Å². The van der Waals surface area contributed by atoms with Crippen LogP contribution in [-0.2, 0) is 6.54 Å². The molecule has 0 aliphatic heterocycles. The summed E-state index contributed by atoms with van der Waals surface area (Å²) in [6.45, 7) is 0.518. The summed E-state index contributed by atoms with van der Waals surface area (Å²) in [6, 6.07) is 1.94. The van der Waals surface area contributed by atoms with Crippen LogP contribution in [0.2, 0.25) is 0 Å². The van der Waals surface area contributed by atoms with Gasteiger partial charge in [-0.15, -0.1) is 0 Å². The zero-order valence-corrected chi connectivity index (χ0v) is 9.69. The average molecular weight is 220 g/mol. The first-order chi connectivity index (χ1) is 7.90. The molecule has 0 unspecified atom stereocenters. The summed E-state index contributed by atoms with van der Waals surface area (Å²) >= 11 is 0. The number of aromatic nitrogens is 1. The third kappa shape index (κ3) is 2.95. The van der Waals surface area contributed by atoms with Crippen molar-refractivity contribution in [3.05, 3.63) is 24.0 Å². The molecule has 0 bridgehead atoms. The number of nitrogens with two attached hydrogens (primary N) is 1. The van der Waals surface area contributed by atoms with Gasteiger partial charge in [-0.25, -0.2) is 0 Å². The fraction of sp³-hybridized carbons (Fsp3) is 0.615. The third-order valence-electron chi connectivity index (χ3n) is 3.19. The maximum atomic E-state index is 6.01. The van der Waals surface area contributed by atoms with Crippen molar-refractivity contribution in [2.75, 3.05) is 0 Å². The molecule has 1 aromatic rings. The van der Waals surface area contributed by atoms with Crippen LogP contribution in [0.3, 0.4) is 0 Å². The van der Waals surface area contributed by atoms with Crippen LogP contribution >= 0.6 is 0 Å². The van der Waals surface area contributed by atoms with Crippen LogP contribution in [0, 0.1) is 0 Å². The number of nitrogens with zero attached hydrogens (tertiary/aromatic N) is 1. The number of pyridine rings is 1. The van der Waals surface area contributed by atoms with E-state index in [9.17, 15) is 0 Å². The molecule has 1 saturated carbocycles. The minimum absolute atomic E-state index is 0.358. The minimum atomic E-state index is 0.358. The van der Waals surface area contributed by atoms with Gasteiger partial charge in [0.2, 0.25) is 0 Å². The monoisotopic (exact) mass is 220 g/mol. The Morgan fingerprint density at radius 1 is 1.25 bits per heavy atom. The smallest absolute Gasteiger partial charge is 0.142 e. The molecule has 2 N–H and O–H groups in total. The maximum absolute atomic E-state index is 6.01. The van der Waals surface area contributed by atoms with Gasteiger partial charge in [0.25, 0.3) is 0 Å². The molecule has 2 rings (SSSR count). The zero-order chi connectivity index (χ0) is 11.2. The molecule has 0 saturated heterocycles. The number of rotatable bonds is 3. The van der Waals surface area contributed by atoms with Crippen LogP contribution in [0.1, 0.15) is 44.1 Å². The highest BCUT2D eigenvalue weighted by molar-refractivity contribution is 5.29. The van der Waals surface area contributed by atoms with Crippen LogP contribution < -0.4 is 10.5 Å². The molecule has 1 aromatic heterocycles. The molecule has 1 fully saturated rings. The molecule has 0 spiro atoms. The van der Waals surface area contributed by atoms with Gasteiger partial charge in [0.05, 0.1) is 12.3 Å². The lowest BCUT2D eigenvalue weighted by Gasteiger charge is -2.18. The first-order valence-electron chi connectivity index (χ1n) is 6.20. The van der Waals surface area contributed by atoms with E-state index in [1.807, 2.05) is 6.07 Å². The molecule has 16 heavy (non-hydrogen) atoms. The van der Waals surface area contributed by atoms with Crippen molar-refractivity contribution in [2.45, 2.75) is 51.2 Å². The highest BCUT2D eigenvalue weighted by Crippen LogP contribution is 2.24. The minimum Gasteiger partial charge on any atom is -0.488 e. The molecule has 88 valence electrons. The van der Waals surface area contributed by atoms with E-state index in [-0.39, 0.29) is 0 Å². The Balaban J connectivity index is 2.01. The first-order valence-corrected chi connectivity index (χ1v) is 6.20. The lowest BCUT2D eigenvalue weighted by molar-refractivity contribution is 0.181. The normalized spacial score (nSPS) is 18.1. The second-order valence-corrected chi connectivity index (χ2v) is 4.42. The fourth-order valence-corrected chi connectivity index (χ4v) is 2.22. The predicted octanol–water partition coefficient (Wildman–Crippen LogP) is 2.64. The topological polar surface area (TPSA) is 48.1 Å². The van der Waals surface area contributed by atoms with Crippen molar-refractivity contribution in [2.24, 2.45) is 5.73 Å². The van der Waals surface area contributed by atoms with Crippen molar-refractivity contribution < 1.29 is 4.74 Å². The Bertz CT molecular complexity index is 319. The van der Waals surface area contributed by atoms with Crippen molar-refractivity contribution in [1.82, 2.24) is 4.98 Å². The Morgan fingerprint density at radius 2 is 2.00 bits per heavy atom. The molecule has 3 heteroatoms. The molecule has 1 heterocycles. The van der Waals surface area contributed by atoms with Crippen LogP contribution in [0.5, 0.6) is 5.75 Å². The summed E-state index contributed by atoms with van der Waals surface area (Å²) in [5.74, 6) is 0.872. The summed E-state index contributed by atoms with van der Waals surface area (Å²) in [5, 5.41) is 0. The molecule has 1 aliphatic rings. The molecule has 0 radical (unpaired) electrons. The van der Waals surface area contributed by atoms with E-state index in [0.717, 1.165) is 11.3 Å². The van der Waals surface area contributed by atoms with Crippen LogP contribution in [-0.4, -0.2) is 11.1 Å². The van der Waals surface area contributed by atoms with Gasteiger partial charge in [0, 0.05) is 18.3 Å². The van der Waals surface area contributed by atoms with Gasteiger partial charge in [-0.05, 0) is 31.7 Å². The zero-order valence-electron chi connectivity index (χ0n) is 9.69. The van der Waals surface area contributed by atoms with Crippen LogP contribution in [0.25, 0.3) is 0 Å². The second kappa shape index (κ2) is 5.85. The SMILES string of the molecule is NCc1ccncc1OC1CCCCCC1. The Hall–Kier alpha value is -1.09. The van der Waals surface area contributed by atoms with E-state index in [1.54, 1.807) is 12.4 Å². The molecule has 0 amide bonds. The van der Waals surface area contributed by atoms with E-state index in [4.69, 9.17) is 10.5 Å². The second-order valence-electron chi connectivity index (χ2n) is 4.42. The maximum Gasteiger partial charge on any atom is 0.142 e. The Morgan fingerprint density at radius 3 is 2.69 bits per heavy atom. The summed E-state index contributed by atoms with van der Waals surface area (Å²) in [6.07, 6.45) is 11.5. The standard InChI is InChI=1S/C13H20N2O/c14-9-11-7-8-15-10-13(11)16-12-5-3-1-2-4-6-12/h7-8,10,12H,1-6,9,14H2. The molecule has 1 aliphatic carbocycles. The Kier molecular flexibility index (Phi) is 4.17. The van der Waals surface area contributed by atoms with E-state index in [2.05, 4.69) is 4.98 Å². The highest BCUT2D eigenvalue weighted by Gasteiger charge is 2.14. The van der Waals surface area contributed by atoms with Crippen molar-refractivity contribution in [3.8, 4) is 5.75 Å². The molecular weight excluding hydrogens is 200 g/mol. The summed E-state index contributed by atoms with van der Waals surface area (Å²) in [5.41, 5.74) is 6.73. The van der Waals surface area contributed by atoms with Gasteiger partial charge in [-0.1, -0.05) is 12.8 Å². The average Bonchev–Trinajstić information content (AvgIpc) is 2.58. The van der Waals surface area contributed by atoms with Gasteiger partial charge in [-0.3, -0.25) is 4.98 Å². The van der Waals surface area contributed by atoms with Crippen molar-refractivity contribution in [1.29, 1.82) is 0 Å². The molecular formula is C13H20N2O. The van der Waals surface area contributed by atoms with Gasteiger partial charge in [0.15, 0.2) is 0 Å². The van der Waals surface area contributed by atoms with Gasteiger partial charge in [-0.2, -0.15) is 0 Å². The van der Waals surface area contributed by atoms with E-state index < -0.39 is 0 Å². The molecule has 3 nitrogen and oxygen atoms in total. The fourth-order valence-electron chi connectivity index (χ4n) is 2.22. The van der Waals surface area contributed by atoms with Crippen molar-refractivity contribution in [3.63, 3.8) is 0 Å². The lowest BCUT2D eigenvalue weighted by Crippen LogP contribution is -2.16. The van der Waals surface area contributed by atoms with Crippen LogP contribution in [0.4, 0.5) is 0 Å². The predicted molar refractivity (Wildman–Crippen MR) is 64.2 cm³/mol. The quantitative estimate of drug-likeness (QED) is 0.797. The third-order valence-corrected chi connectivity index (χ3v) is 3.19. The number of hydrogen-bond acceptors (Lipinski definition) is 3. The summed E-state index contributed by atoms with van der Waals surface area (Å²) in [4.78, 5) is 4.10. The first kappa shape index (κ1) is 11.4. The molecule has 0 aromatic carbocycles. The summed E-state index contributed by atoms with van der Waals surface area (Å²) in [7, 11) is 0. The van der Waals surface area contributed by atoms with E-state index >= 15 is 0 Å². The lowest BCUT2D eigenvalue weighted by atomic mass is 10.1. The van der Waals surface area contributed by atoms with Crippen LogP contribution in [0.15, 0.2) is 18.5 Å². The Labute approximate surface area is 97.0 Å². The highest BCUT2D eigenvalue weighted by atomic mass is 16.5.